The molecule has 0 bridgehead atoms. The topological polar surface area (TPSA) is 102 Å². The van der Waals surface area contributed by atoms with Gasteiger partial charge in [-0.1, -0.05) is 35.9 Å². The van der Waals surface area contributed by atoms with Crippen LogP contribution in [0.4, 0.5) is 5.82 Å². The van der Waals surface area contributed by atoms with E-state index in [2.05, 4.69) is 29.1 Å². The Morgan fingerprint density at radius 2 is 1.51 bits per heavy atom. The van der Waals surface area contributed by atoms with E-state index in [4.69, 9.17) is 15.1 Å². The monoisotopic (exact) mass is 490 g/mol. The number of aromatic nitrogens is 4. The second kappa shape index (κ2) is 9.39. The van der Waals surface area contributed by atoms with E-state index in [1.54, 1.807) is 24.3 Å². The second-order valence-corrected chi connectivity index (χ2v) is 11.0. The Morgan fingerprint density at radius 3 is 2.20 bits per heavy atom. The number of hydrogen-bond donors (Lipinski definition) is 2. The van der Waals surface area contributed by atoms with Crippen molar-refractivity contribution in [1.82, 2.24) is 24.5 Å². The van der Waals surface area contributed by atoms with E-state index in [0.29, 0.717) is 10.7 Å². The summed E-state index contributed by atoms with van der Waals surface area (Å²) in [4.78, 5) is 9.72. The molecule has 1 aliphatic carbocycles. The Kier molecular flexibility index (Phi) is 6.29. The highest BCUT2D eigenvalue weighted by Crippen LogP contribution is 2.29. The van der Waals surface area contributed by atoms with Crippen molar-refractivity contribution >= 4 is 26.9 Å². The molecule has 1 fully saturated rings. The van der Waals surface area contributed by atoms with E-state index < -0.39 is 10.0 Å². The van der Waals surface area contributed by atoms with Gasteiger partial charge in [0.15, 0.2) is 5.65 Å². The van der Waals surface area contributed by atoms with Crippen LogP contribution in [-0.4, -0.2) is 40.2 Å². The average Bonchev–Trinajstić information content (AvgIpc) is 3.17. The molecular formula is C26H30N6O2S. The fourth-order valence-corrected chi connectivity index (χ4v) is 6.02. The number of hydrogen-bond acceptors (Lipinski definition) is 6. The van der Waals surface area contributed by atoms with Gasteiger partial charge in [-0.05, 0) is 70.7 Å². The zero-order valence-corrected chi connectivity index (χ0v) is 21.0. The van der Waals surface area contributed by atoms with Gasteiger partial charge in [0.25, 0.3) is 0 Å². The Labute approximate surface area is 205 Å². The molecule has 0 radical (unpaired) electrons. The number of nitrogens with one attached hydrogen (secondary N) is 2. The van der Waals surface area contributed by atoms with E-state index >= 15 is 0 Å². The second-order valence-electron chi connectivity index (χ2n) is 9.28. The third-order valence-electron chi connectivity index (χ3n) is 6.54. The summed E-state index contributed by atoms with van der Waals surface area (Å²) in [5.74, 6) is 1.47. The van der Waals surface area contributed by atoms with Gasteiger partial charge in [0.2, 0.25) is 10.0 Å². The van der Waals surface area contributed by atoms with Gasteiger partial charge in [-0.25, -0.2) is 27.8 Å². The van der Waals surface area contributed by atoms with Gasteiger partial charge in [-0.15, -0.1) is 0 Å². The van der Waals surface area contributed by atoms with Gasteiger partial charge in [-0.2, -0.15) is 5.10 Å². The molecule has 9 heteroatoms. The number of rotatable bonds is 6. The smallest absolute Gasteiger partial charge is 0.240 e. The maximum atomic E-state index is 12.7. The summed E-state index contributed by atoms with van der Waals surface area (Å²) >= 11 is 0. The molecule has 2 heterocycles. The van der Waals surface area contributed by atoms with Crippen LogP contribution < -0.4 is 10.0 Å². The van der Waals surface area contributed by atoms with Crippen LogP contribution in [0.15, 0.2) is 59.5 Å². The first-order valence-corrected chi connectivity index (χ1v) is 13.4. The summed E-state index contributed by atoms with van der Waals surface area (Å²) in [5.41, 5.74) is 3.80. The molecule has 0 spiro atoms. The number of aryl methyl sites for hydroxylation is 3. The van der Waals surface area contributed by atoms with Crippen LogP contribution >= 0.6 is 0 Å². The first-order valence-electron chi connectivity index (χ1n) is 11.9. The Morgan fingerprint density at radius 1 is 0.857 bits per heavy atom. The van der Waals surface area contributed by atoms with Crippen molar-refractivity contribution in [3.63, 3.8) is 0 Å². The first kappa shape index (κ1) is 23.4. The molecule has 182 valence electrons. The molecule has 0 saturated heterocycles. The molecule has 8 nitrogen and oxygen atoms in total. The quantitative estimate of drug-likeness (QED) is 0.414. The zero-order chi connectivity index (χ0) is 24.6. The Balaban J connectivity index is 1.32. The lowest BCUT2D eigenvalue weighted by molar-refractivity contribution is 0.387. The molecule has 2 aromatic carbocycles. The zero-order valence-electron chi connectivity index (χ0n) is 20.2. The van der Waals surface area contributed by atoms with Crippen molar-refractivity contribution in [2.45, 2.75) is 63.4 Å². The summed E-state index contributed by atoms with van der Waals surface area (Å²) in [5, 5.41) is 9.30. The normalized spacial score (nSPS) is 18.6. The number of fused-ring (bicyclic) bond motifs is 1. The lowest BCUT2D eigenvalue weighted by atomic mass is 9.92. The van der Waals surface area contributed by atoms with Crippen LogP contribution in [-0.2, 0) is 10.0 Å². The summed E-state index contributed by atoms with van der Waals surface area (Å²) in [7, 11) is -3.50. The molecule has 2 aromatic heterocycles. The van der Waals surface area contributed by atoms with Crippen molar-refractivity contribution in [1.29, 1.82) is 0 Å². The van der Waals surface area contributed by atoms with Crippen molar-refractivity contribution in [3.05, 3.63) is 71.7 Å². The standard InChI is InChI=1S/C26H30N6O2S/c1-17-9-15-22(16-10-17)32-26-24(18(2)30-32)25(27-19(3)28-26)29-20-11-13-21(14-12-20)31-35(33,34)23-7-5-4-6-8-23/h4-10,15-16,20-21,31H,11-14H2,1-3H3,(H,27,28,29). The van der Waals surface area contributed by atoms with E-state index in [-0.39, 0.29) is 12.1 Å². The number of anilines is 1. The summed E-state index contributed by atoms with van der Waals surface area (Å²) in [6.45, 7) is 5.93. The molecule has 0 atom stereocenters. The van der Waals surface area contributed by atoms with Crippen LogP contribution in [0.25, 0.3) is 16.7 Å². The molecule has 5 rings (SSSR count). The van der Waals surface area contributed by atoms with E-state index in [1.807, 2.05) is 36.7 Å². The molecule has 1 saturated carbocycles. The largest absolute Gasteiger partial charge is 0.367 e. The lowest BCUT2D eigenvalue weighted by Gasteiger charge is -2.30. The SMILES string of the molecule is Cc1ccc(-n2nc(C)c3c(NC4CCC(NS(=O)(=O)c5ccccc5)CC4)nc(C)nc32)cc1. The molecule has 0 amide bonds. The minimum absolute atomic E-state index is 0.0727. The predicted molar refractivity (Wildman–Crippen MR) is 137 cm³/mol. The molecule has 0 unspecified atom stereocenters. The highest BCUT2D eigenvalue weighted by molar-refractivity contribution is 7.89. The molecule has 2 N–H and O–H groups in total. The van der Waals surface area contributed by atoms with Crippen molar-refractivity contribution in [2.24, 2.45) is 0 Å². The van der Waals surface area contributed by atoms with Gasteiger partial charge in [-0.3, -0.25) is 0 Å². The minimum atomic E-state index is -3.50. The molecule has 4 aromatic rings. The maximum absolute atomic E-state index is 12.7. The van der Waals surface area contributed by atoms with E-state index in [1.165, 1.54) is 5.56 Å². The predicted octanol–water partition coefficient (Wildman–Crippen LogP) is 4.44. The summed E-state index contributed by atoms with van der Waals surface area (Å²) in [6.07, 6.45) is 3.21. The third-order valence-corrected chi connectivity index (χ3v) is 8.07. The minimum Gasteiger partial charge on any atom is -0.367 e. The highest BCUT2D eigenvalue weighted by atomic mass is 32.2. The number of nitrogens with zero attached hydrogens (tertiary/aromatic N) is 4. The molecule has 1 aliphatic rings. The van der Waals surface area contributed by atoms with Gasteiger partial charge >= 0.3 is 0 Å². The number of sulfonamides is 1. The van der Waals surface area contributed by atoms with Crippen molar-refractivity contribution in [2.75, 3.05) is 5.32 Å². The maximum Gasteiger partial charge on any atom is 0.240 e. The van der Waals surface area contributed by atoms with Gasteiger partial charge < -0.3 is 5.32 Å². The molecule has 35 heavy (non-hydrogen) atoms. The molecule has 0 aliphatic heterocycles. The van der Waals surface area contributed by atoms with E-state index in [0.717, 1.165) is 53.9 Å². The average molecular weight is 491 g/mol. The van der Waals surface area contributed by atoms with E-state index in [9.17, 15) is 8.42 Å². The lowest BCUT2D eigenvalue weighted by Crippen LogP contribution is -2.40. The van der Waals surface area contributed by atoms with Crippen LogP contribution in [0.1, 0.15) is 42.8 Å². The van der Waals surface area contributed by atoms with Gasteiger partial charge in [0.05, 0.1) is 21.7 Å². The van der Waals surface area contributed by atoms with Crippen LogP contribution in [0.2, 0.25) is 0 Å². The van der Waals surface area contributed by atoms with Gasteiger partial charge in [0, 0.05) is 12.1 Å². The first-order chi connectivity index (χ1) is 16.8. The number of benzene rings is 2. The van der Waals surface area contributed by atoms with Gasteiger partial charge in [0.1, 0.15) is 11.6 Å². The van der Waals surface area contributed by atoms with Crippen molar-refractivity contribution in [3.8, 4) is 5.69 Å². The fourth-order valence-electron chi connectivity index (χ4n) is 4.70. The Hall–Kier alpha value is -3.30. The van der Waals surface area contributed by atoms with Crippen molar-refractivity contribution < 1.29 is 8.42 Å². The molecular weight excluding hydrogens is 460 g/mol. The van der Waals surface area contributed by atoms with Crippen LogP contribution in [0.3, 0.4) is 0 Å². The van der Waals surface area contributed by atoms with Crippen LogP contribution in [0, 0.1) is 20.8 Å². The Bertz CT molecular complexity index is 1440. The summed E-state index contributed by atoms with van der Waals surface area (Å²) < 4.78 is 30.1. The highest BCUT2D eigenvalue weighted by Gasteiger charge is 2.27. The van der Waals surface area contributed by atoms with Crippen LogP contribution in [0.5, 0.6) is 0 Å². The third kappa shape index (κ3) is 4.92. The fraction of sp³-hybridized carbons (Fsp3) is 0.346. The summed E-state index contributed by atoms with van der Waals surface area (Å²) in [6, 6.07) is 16.9.